The Bertz CT molecular complexity index is 542. The van der Waals surface area contributed by atoms with E-state index in [0.29, 0.717) is 17.9 Å². The maximum Gasteiger partial charge on any atom is 0.269 e. The van der Waals surface area contributed by atoms with Crippen LogP contribution in [-0.2, 0) is 6.42 Å². The molecule has 1 fully saturated rings. The smallest absolute Gasteiger partial charge is 0.269 e. The average Bonchev–Trinajstić information content (AvgIpc) is 2.46. The van der Waals surface area contributed by atoms with Crippen molar-refractivity contribution in [1.82, 2.24) is 0 Å². The van der Waals surface area contributed by atoms with E-state index in [9.17, 15) is 10.1 Å². The summed E-state index contributed by atoms with van der Waals surface area (Å²) < 4.78 is 0. The molecule has 4 nitrogen and oxygen atoms in total. The van der Waals surface area contributed by atoms with Crippen LogP contribution in [0.2, 0.25) is 0 Å². The van der Waals surface area contributed by atoms with Crippen molar-refractivity contribution in [1.29, 1.82) is 0 Å². The lowest BCUT2D eigenvalue weighted by molar-refractivity contribution is -0.384. The van der Waals surface area contributed by atoms with E-state index in [0.717, 1.165) is 13.0 Å². The van der Waals surface area contributed by atoms with E-state index in [2.05, 4.69) is 18.7 Å². The summed E-state index contributed by atoms with van der Waals surface area (Å²) >= 11 is 0. The van der Waals surface area contributed by atoms with Gasteiger partial charge in [-0.3, -0.25) is 10.1 Å². The molecule has 1 aliphatic heterocycles. The molecular weight excluding hydrogens is 264 g/mol. The van der Waals surface area contributed by atoms with Crippen molar-refractivity contribution in [2.24, 2.45) is 11.8 Å². The van der Waals surface area contributed by atoms with Crippen LogP contribution < -0.4 is 4.90 Å². The van der Waals surface area contributed by atoms with Crippen molar-refractivity contribution in [3.63, 3.8) is 0 Å². The molecule has 1 heterocycles. The third-order valence-electron chi connectivity index (χ3n) is 4.90. The fraction of sp³-hybridized carbons (Fsp3) is 0.647. The largest absolute Gasteiger partial charge is 0.368 e. The molecule has 0 unspecified atom stereocenters. The fourth-order valence-electron chi connectivity index (χ4n) is 4.05. The SMILES string of the molecule is CC(C)CN1c2ccc([N+](=O)[O-])cc2C[C@H]2CCCC[C@H]21. The number of rotatable bonds is 3. The van der Waals surface area contributed by atoms with Crippen LogP contribution in [0.25, 0.3) is 0 Å². The van der Waals surface area contributed by atoms with Gasteiger partial charge in [0.2, 0.25) is 0 Å². The molecule has 0 N–H and O–H groups in total. The van der Waals surface area contributed by atoms with Gasteiger partial charge in [0.1, 0.15) is 0 Å². The lowest BCUT2D eigenvalue weighted by Gasteiger charge is -2.47. The molecule has 21 heavy (non-hydrogen) atoms. The molecule has 0 spiro atoms. The van der Waals surface area contributed by atoms with E-state index >= 15 is 0 Å². The molecule has 0 amide bonds. The number of nitro groups is 1. The minimum Gasteiger partial charge on any atom is -0.368 e. The van der Waals surface area contributed by atoms with Gasteiger partial charge in [0.05, 0.1) is 4.92 Å². The Morgan fingerprint density at radius 3 is 2.81 bits per heavy atom. The number of fused-ring (bicyclic) bond motifs is 2. The maximum absolute atomic E-state index is 11.0. The molecule has 114 valence electrons. The molecule has 3 rings (SSSR count). The first-order chi connectivity index (χ1) is 10.1. The number of non-ortho nitro benzene ring substituents is 1. The number of nitro benzene ring substituents is 1. The molecule has 2 atom stereocenters. The molecule has 1 saturated carbocycles. The van der Waals surface area contributed by atoms with E-state index in [-0.39, 0.29) is 10.6 Å². The summed E-state index contributed by atoms with van der Waals surface area (Å²) in [4.78, 5) is 13.3. The Kier molecular flexibility index (Phi) is 3.87. The Morgan fingerprint density at radius 1 is 1.33 bits per heavy atom. The Morgan fingerprint density at radius 2 is 2.10 bits per heavy atom. The molecule has 4 heteroatoms. The van der Waals surface area contributed by atoms with E-state index in [1.54, 1.807) is 12.1 Å². The summed E-state index contributed by atoms with van der Waals surface area (Å²) in [5.41, 5.74) is 2.64. The molecule has 0 radical (unpaired) electrons. The predicted octanol–water partition coefficient (Wildman–Crippen LogP) is 4.17. The second-order valence-electron chi connectivity index (χ2n) is 6.93. The lowest BCUT2D eigenvalue weighted by atomic mass is 9.76. The maximum atomic E-state index is 11.0. The first-order valence-corrected chi connectivity index (χ1v) is 8.10. The number of anilines is 1. The third kappa shape index (κ3) is 2.76. The molecule has 0 bridgehead atoms. The topological polar surface area (TPSA) is 46.4 Å². The van der Waals surface area contributed by atoms with Crippen molar-refractivity contribution in [3.05, 3.63) is 33.9 Å². The van der Waals surface area contributed by atoms with Crippen molar-refractivity contribution < 1.29 is 4.92 Å². The van der Waals surface area contributed by atoms with Crippen LogP contribution >= 0.6 is 0 Å². The minimum atomic E-state index is -0.278. The van der Waals surface area contributed by atoms with Crippen LogP contribution in [-0.4, -0.2) is 17.5 Å². The van der Waals surface area contributed by atoms with Crippen LogP contribution in [0.3, 0.4) is 0 Å². The van der Waals surface area contributed by atoms with Crippen molar-refractivity contribution in [2.75, 3.05) is 11.4 Å². The third-order valence-corrected chi connectivity index (χ3v) is 4.90. The second-order valence-corrected chi connectivity index (χ2v) is 6.93. The zero-order chi connectivity index (χ0) is 15.0. The summed E-state index contributed by atoms with van der Waals surface area (Å²) in [6.45, 7) is 5.54. The van der Waals surface area contributed by atoms with Gasteiger partial charge >= 0.3 is 0 Å². The van der Waals surface area contributed by atoms with E-state index in [1.165, 1.54) is 36.9 Å². The summed E-state index contributed by atoms with van der Waals surface area (Å²) in [5, 5.41) is 11.0. The van der Waals surface area contributed by atoms with E-state index < -0.39 is 0 Å². The van der Waals surface area contributed by atoms with Gasteiger partial charge < -0.3 is 4.90 Å². The lowest BCUT2D eigenvalue weighted by Crippen LogP contribution is -2.48. The van der Waals surface area contributed by atoms with Crippen molar-refractivity contribution in [2.45, 2.75) is 52.0 Å². The highest BCUT2D eigenvalue weighted by Crippen LogP contribution is 2.42. The highest BCUT2D eigenvalue weighted by atomic mass is 16.6. The highest BCUT2D eigenvalue weighted by Gasteiger charge is 2.36. The minimum absolute atomic E-state index is 0.229. The van der Waals surface area contributed by atoms with Gasteiger partial charge in [-0.2, -0.15) is 0 Å². The number of nitrogens with zero attached hydrogens (tertiary/aromatic N) is 2. The molecule has 0 aromatic heterocycles. The number of benzene rings is 1. The Hall–Kier alpha value is -1.58. The summed E-state index contributed by atoms with van der Waals surface area (Å²) in [5.74, 6) is 1.28. The van der Waals surface area contributed by atoms with Crippen molar-refractivity contribution in [3.8, 4) is 0 Å². The predicted molar refractivity (Wildman–Crippen MR) is 84.7 cm³/mol. The number of hydrogen-bond donors (Lipinski definition) is 0. The van der Waals surface area contributed by atoms with Gasteiger partial charge in [0.15, 0.2) is 0 Å². The van der Waals surface area contributed by atoms with Gasteiger partial charge in [-0.15, -0.1) is 0 Å². The van der Waals surface area contributed by atoms with Crippen LogP contribution in [0.5, 0.6) is 0 Å². The fourth-order valence-corrected chi connectivity index (χ4v) is 4.05. The summed E-state index contributed by atoms with van der Waals surface area (Å²) in [6.07, 6.45) is 6.17. The quantitative estimate of drug-likeness (QED) is 0.619. The normalized spacial score (nSPS) is 24.6. The Balaban J connectivity index is 1.99. The molecule has 1 aliphatic carbocycles. The van der Waals surface area contributed by atoms with Gasteiger partial charge in [-0.1, -0.05) is 26.7 Å². The standard InChI is InChI=1S/C17H24N2O2/c1-12(2)11-18-16-6-4-3-5-13(16)9-14-10-15(19(20)21)7-8-17(14)18/h7-8,10,12-13,16H,3-6,9,11H2,1-2H3/t13-,16-/m1/s1. The zero-order valence-electron chi connectivity index (χ0n) is 12.9. The zero-order valence-corrected chi connectivity index (χ0v) is 12.9. The van der Waals surface area contributed by atoms with Gasteiger partial charge in [0, 0.05) is 30.4 Å². The molecule has 0 saturated heterocycles. The molecule has 2 aliphatic rings. The van der Waals surface area contributed by atoms with Gasteiger partial charge in [0.25, 0.3) is 5.69 Å². The summed E-state index contributed by atoms with van der Waals surface area (Å²) in [6, 6.07) is 6.07. The first kappa shape index (κ1) is 14.4. The van der Waals surface area contributed by atoms with Crippen LogP contribution in [0, 0.1) is 22.0 Å². The van der Waals surface area contributed by atoms with Gasteiger partial charge in [-0.05, 0) is 42.7 Å². The first-order valence-electron chi connectivity index (χ1n) is 8.10. The monoisotopic (exact) mass is 288 g/mol. The van der Waals surface area contributed by atoms with Crippen LogP contribution in [0.1, 0.15) is 45.1 Å². The van der Waals surface area contributed by atoms with Crippen molar-refractivity contribution >= 4 is 11.4 Å². The summed E-state index contributed by atoms with van der Waals surface area (Å²) in [7, 11) is 0. The van der Waals surface area contributed by atoms with Crippen LogP contribution in [0.15, 0.2) is 18.2 Å². The second kappa shape index (κ2) is 5.66. The average molecular weight is 288 g/mol. The Labute approximate surface area is 126 Å². The highest BCUT2D eigenvalue weighted by molar-refractivity contribution is 5.60. The molecule has 1 aromatic carbocycles. The van der Waals surface area contributed by atoms with E-state index in [1.807, 2.05) is 6.07 Å². The number of hydrogen-bond acceptors (Lipinski definition) is 3. The molecular formula is C17H24N2O2. The van der Waals surface area contributed by atoms with Gasteiger partial charge in [-0.25, -0.2) is 0 Å². The van der Waals surface area contributed by atoms with Crippen LogP contribution in [0.4, 0.5) is 11.4 Å². The van der Waals surface area contributed by atoms with E-state index in [4.69, 9.17) is 0 Å². The molecule has 1 aromatic rings.